The van der Waals surface area contributed by atoms with Crippen LogP contribution in [-0.4, -0.2) is 107 Å². The number of aliphatic carboxylic acids is 1. The van der Waals surface area contributed by atoms with Gasteiger partial charge in [-0.1, -0.05) is 71.5 Å². The lowest BCUT2D eigenvalue weighted by Gasteiger charge is -2.11. The Labute approximate surface area is 349 Å². The van der Waals surface area contributed by atoms with Crippen LogP contribution in [0.1, 0.15) is 115 Å². The number of primary amides is 2. The average Bonchev–Trinajstić information content (AvgIpc) is 3.23. The van der Waals surface area contributed by atoms with Gasteiger partial charge >= 0.3 is 5.97 Å². The molecule has 4 amide bonds. The van der Waals surface area contributed by atoms with Crippen LogP contribution in [0.25, 0.3) is 0 Å². The SMILES string of the molecule is C.CC.CC.CCOC.CCOC.CN[C@@H](C)C(=O)O.CN[C@@H](CCCCNC(=O)c1ccccc1)C(N)=O.F.NC(=O)[C@@H](N)CCCCNC(=O)c1ccccc1. The van der Waals surface area contributed by atoms with Gasteiger partial charge in [0, 0.05) is 51.6 Å². The molecule has 0 unspecified atom stereocenters. The molecular weight excluding hydrogens is 750 g/mol. The Balaban J connectivity index is -0.000000123. The Bertz CT molecular complexity index is 1190. The topological polar surface area (TPSA) is 250 Å². The lowest BCUT2D eigenvalue weighted by Crippen LogP contribution is -2.39. The molecule has 0 saturated heterocycles. The van der Waals surface area contributed by atoms with Crippen molar-refractivity contribution in [3.63, 3.8) is 0 Å². The van der Waals surface area contributed by atoms with Gasteiger partial charge in [-0.2, -0.15) is 0 Å². The zero-order chi connectivity index (χ0) is 44.2. The molecule has 0 fully saturated rings. The van der Waals surface area contributed by atoms with Crippen molar-refractivity contribution in [1.29, 1.82) is 0 Å². The Morgan fingerprint density at radius 2 is 1.00 bits per heavy atom. The fraction of sp³-hybridized carbons (Fsp3) is 0.595. The van der Waals surface area contributed by atoms with E-state index in [2.05, 4.69) is 30.7 Å². The molecule has 0 spiro atoms. The second kappa shape index (κ2) is 52.5. The Morgan fingerprint density at radius 1 is 0.655 bits per heavy atom. The molecule has 2 aromatic rings. The molecule has 58 heavy (non-hydrogen) atoms. The van der Waals surface area contributed by atoms with Crippen molar-refractivity contribution in [2.45, 2.75) is 113 Å². The van der Waals surface area contributed by atoms with E-state index in [9.17, 15) is 24.0 Å². The van der Waals surface area contributed by atoms with E-state index < -0.39 is 24.0 Å². The number of likely N-dealkylation sites (N-methyl/N-ethyl adjacent to an activating group) is 2. The number of rotatable bonds is 19. The predicted octanol–water partition coefficient (Wildman–Crippen LogP) is 4.88. The number of methoxy groups -OCH3 is 2. The number of nitrogens with two attached hydrogens (primary N) is 3. The number of benzene rings is 2. The van der Waals surface area contributed by atoms with Crippen molar-refractivity contribution in [1.82, 2.24) is 21.3 Å². The molecule has 2 rings (SSSR count). The van der Waals surface area contributed by atoms with Crippen molar-refractivity contribution >= 4 is 29.6 Å². The van der Waals surface area contributed by atoms with Crippen molar-refractivity contribution in [2.24, 2.45) is 17.2 Å². The lowest BCUT2D eigenvalue weighted by molar-refractivity contribution is -0.138. The molecule has 0 aromatic heterocycles. The minimum atomic E-state index is -0.817. The highest BCUT2D eigenvalue weighted by atomic mass is 19.0. The number of carbonyl (C=O) groups excluding carboxylic acids is 4. The van der Waals surface area contributed by atoms with Crippen molar-refractivity contribution in [3.05, 3.63) is 71.8 Å². The van der Waals surface area contributed by atoms with E-state index in [1.807, 2.05) is 77.9 Å². The first-order chi connectivity index (χ1) is 26.8. The van der Waals surface area contributed by atoms with Crippen LogP contribution < -0.4 is 38.5 Å². The van der Waals surface area contributed by atoms with Crippen molar-refractivity contribution in [2.75, 3.05) is 54.6 Å². The summed E-state index contributed by atoms with van der Waals surface area (Å²) in [6.45, 7) is 16.3. The van der Waals surface area contributed by atoms with Gasteiger partial charge < -0.3 is 53.0 Å². The molecule has 2 aromatic carbocycles. The number of nitrogens with one attached hydrogen (secondary N) is 4. The molecule has 340 valence electrons. The summed E-state index contributed by atoms with van der Waals surface area (Å²) in [6.07, 6.45) is 4.44. The molecule has 3 atom stereocenters. The number of hydrogen-bond acceptors (Lipinski definition) is 10. The predicted molar refractivity (Wildman–Crippen MR) is 238 cm³/mol. The third kappa shape index (κ3) is 45.9. The Hall–Kier alpha value is -4.48. The largest absolute Gasteiger partial charge is 0.480 e. The third-order valence-corrected chi connectivity index (χ3v) is 6.94. The summed E-state index contributed by atoms with van der Waals surface area (Å²) >= 11 is 0. The van der Waals surface area contributed by atoms with Crippen LogP contribution >= 0.6 is 0 Å². The van der Waals surface area contributed by atoms with Crippen molar-refractivity contribution < 1.29 is 43.3 Å². The standard InChI is InChI=1S/C14H21N3O2.C13H19N3O2.C4H9NO2.2C3H8O.2C2H6.CH4.FH/c1-16-12(13(15)18)9-5-6-10-17-14(19)11-7-3-2-4-8-11;14-11(12(15)17)8-4-5-9-16-13(18)10-6-2-1-3-7-10;1-3(5-2)4(6)7;2*1-3-4-2;2*1-2;;/h2-4,7-8,12,16H,5-6,9-10H2,1H3,(H2,15,18)(H,17,19);1-3,6-7,11H,4-5,8-9,14H2,(H2,15,17)(H,16,18);3,5H,1-2H3,(H,6,7);2*3H2,1-2H3;2*1-2H3;1H4;1H/t12-;11-;3-;;;;;;/m000....../s1. The van der Waals surface area contributed by atoms with Gasteiger partial charge in [-0.3, -0.25) is 28.7 Å². The van der Waals surface area contributed by atoms with E-state index in [-0.39, 0.29) is 35.9 Å². The molecule has 0 saturated carbocycles. The number of ether oxygens (including phenoxy) is 2. The van der Waals surface area contributed by atoms with E-state index in [1.165, 1.54) is 0 Å². The highest BCUT2D eigenvalue weighted by molar-refractivity contribution is 5.94. The van der Waals surface area contributed by atoms with E-state index in [4.69, 9.17) is 22.3 Å². The summed E-state index contributed by atoms with van der Waals surface area (Å²) in [5, 5.41) is 19.2. The van der Waals surface area contributed by atoms with Crippen LogP contribution in [0.3, 0.4) is 0 Å². The molecule has 0 bridgehead atoms. The van der Waals surface area contributed by atoms with Gasteiger partial charge in [0.1, 0.15) is 6.04 Å². The zero-order valence-corrected chi connectivity index (χ0v) is 36.5. The molecular formula is C42H82FN7O8. The van der Waals surface area contributed by atoms with Crippen molar-refractivity contribution in [3.8, 4) is 0 Å². The summed E-state index contributed by atoms with van der Waals surface area (Å²) in [6, 6.07) is 16.8. The van der Waals surface area contributed by atoms with Gasteiger partial charge in [0.05, 0.1) is 12.1 Å². The summed E-state index contributed by atoms with van der Waals surface area (Å²) in [7, 11) is 6.69. The molecule has 16 heteroatoms. The second-order valence-corrected chi connectivity index (χ2v) is 11.0. The first-order valence-corrected chi connectivity index (χ1v) is 19.3. The number of carboxylic acids is 1. The van der Waals surface area contributed by atoms with E-state index in [1.54, 1.807) is 59.5 Å². The monoisotopic (exact) mass is 832 g/mol. The maximum absolute atomic E-state index is 11.7. The highest BCUT2D eigenvalue weighted by Crippen LogP contribution is 2.02. The normalized spacial score (nSPS) is 10.4. The first kappa shape index (κ1) is 68.2. The smallest absolute Gasteiger partial charge is 0.320 e. The van der Waals surface area contributed by atoms with Gasteiger partial charge in [0.25, 0.3) is 11.8 Å². The molecule has 11 N–H and O–H groups in total. The highest BCUT2D eigenvalue weighted by Gasteiger charge is 2.12. The second-order valence-electron chi connectivity index (χ2n) is 11.0. The Kier molecular flexibility index (Phi) is 61.8. The first-order valence-electron chi connectivity index (χ1n) is 19.3. The minimum absolute atomic E-state index is 0. The van der Waals surface area contributed by atoms with Crippen LogP contribution in [0, 0.1) is 0 Å². The number of hydrogen-bond donors (Lipinski definition) is 8. The minimum Gasteiger partial charge on any atom is -0.480 e. The number of amides is 4. The summed E-state index contributed by atoms with van der Waals surface area (Å²) in [5.41, 5.74) is 17.0. The van der Waals surface area contributed by atoms with E-state index in [0.29, 0.717) is 37.1 Å². The summed E-state index contributed by atoms with van der Waals surface area (Å²) in [4.78, 5) is 54.9. The summed E-state index contributed by atoms with van der Waals surface area (Å²) in [5.74, 6) is -1.79. The summed E-state index contributed by atoms with van der Waals surface area (Å²) < 4.78 is 9.08. The van der Waals surface area contributed by atoms with Crippen LogP contribution in [0.2, 0.25) is 0 Å². The molecule has 0 aliphatic heterocycles. The molecule has 0 radical (unpaired) electrons. The number of carbonyl (C=O) groups is 5. The maximum Gasteiger partial charge on any atom is 0.320 e. The molecule has 0 aliphatic rings. The van der Waals surface area contributed by atoms with Gasteiger partial charge in [-0.25, -0.2) is 0 Å². The molecule has 0 heterocycles. The quantitative estimate of drug-likeness (QED) is 0.0886. The lowest BCUT2D eigenvalue weighted by atomic mass is 10.1. The van der Waals surface area contributed by atoms with Crippen LogP contribution in [0.5, 0.6) is 0 Å². The number of carboxylic acid groups (broad SMARTS) is 1. The maximum atomic E-state index is 11.7. The number of halogens is 1. The fourth-order valence-corrected chi connectivity index (χ4v) is 3.44. The average molecular weight is 832 g/mol. The van der Waals surface area contributed by atoms with E-state index in [0.717, 1.165) is 38.9 Å². The van der Waals surface area contributed by atoms with Gasteiger partial charge in [0.15, 0.2) is 0 Å². The number of unbranched alkanes of at least 4 members (excludes halogenated alkanes) is 2. The third-order valence-electron chi connectivity index (χ3n) is 6.94. The van der Waals surface area contributed by atoms with Crippen LogP contribution in [0.15, 0.2) is 60.7 Å². The fourth-order valence-electron chi connectivity index (χ4n) is 3.44. The van der Waals surface area contributed by atoms with E-state index >= 15 is 0 Å². The van der Waals surface area contributed by atoms with Crippen LogP contribution in [0.4, 0.5) is 4.70 Å². The molecule has 0 aliphatic carbocycles. The van der Waals surface area contributed by atoms with Gasteiger partial charge in [-0.05, 0) is 97.7 Å². The van der Waals surface area contributed by atoms with Crippen LogP contribution in [-0.2, 0) is 23.9 Å². The Morgan fingerprint density at radius 3 is 1.24 bits per heavy atom. The molecule has 15 nitrogen and oxygen atoms in total. The van der Waals surface area contributed by atoms with Gasteiger partial charge in [-0.15, -0.1) is 0 Å². The zero-order valence-electron chi connectivity index (χ0n) is 36.5. The van der Waals surface area contributed by atoms with Gasteiger partial charge in [0.2, 0.25) is 11.8 Å².